The number of aromatic nitrogens is 1. The Hall–Kier alpha value is -0.810. The van der Waals surface area contributed by atoms with Gasteiger partial charge in [0.15, 0.2) is 0 Å². The molecule has 0 aliphatic carbocycles. The maximum atomic E-state index is 5.65. The van der Waals surface area contributed by atoms with E-state index in [1.807, 2.05) is 23.9 Å². The van der Waals surface area contributed by atoms with Crippen LogP contribution in [0.2, 0.25) is 0 Å². The highest BCUT2D eigenvalue weighted by Gasteiger charge is 2.16. The summed E-state index contributed by atoms with van der Waals surface area (Å²) in [7, 11) is 0. The molecule has 1 unspecified atom stereocenters. The maximum Gasteiger partial charge on any atom is 0.136 e. The van der Waals surface area contributed by atoms with E-state index in [1.165, 1.54) is 17.9 Å². The Morgan fingerprint density at radius 1 is 1.69 bits per heavy atom. The van der Waals surface area contributed by atoms with Crippen LogP contribution in [-0.4, -0.2) is 28.0 Å². The number of rotatable bonds is 4. The first-order valence-corrected chi connectivity index (χ1v) is 6.90. The van der Waals surface area contributed by atoms with Crippen molar-refractivity contribution in [2.75, 3.05) is 23.4 Å². The van der Waals surface area contributed by atoms with Gasteiger partial charge in [-0.2, -0.15) is 11.8 Å². The number of pyridine rings is 1. The van der Waals surface area contributed by atoms with Crippen LogP contribution in [0.25, 0.3) is 0 Å². The molecule has 0 radical (unpaired) electrons. The predicted octanol–water partition coefficient (Wildman–Crippen LogP) is 1.88. The lowest BCUT2D eigenvalue weighted by atomic mass is 10.1. The van der Waals surface area contributed by atoms with E-state index in [4.69, 9.17) is 18.0 Å². The molecule has 0 aromatic carbocycles. The third-order valence-electron chi connectivity index (χ3n) is 2.66. The molecule has 1 aliphatic rings. The van der Waals surface area contributed by atoms with Gasteiger partial charge in [0.05, 0.1) is 5.56 Å². The van der Waals surface area contributed by atoms with Gasteiger partial charge in [-0.15, -0.1) is 0 Å². The molecule has 3 nitrogen and oxygen atoms in total. The Morgan fingerprint density at radius 2 is 2.56 bits per heavy atom. The summed E-state index contributed by atoms with van der Waals surface area (Å²) in [6.07, 6.45) is 3.04. The molecule has 2 rings (SSSR count). The summed E-state index contributed by atoms with van der Waals surface area (Å²) in [5, 5.41) is 3.34. The quantitative estimate of drug-likeness (QED) is 0.802. The predicted molar refractivity (Wildman–Crippen MR) is 74.0 cm³/mol. The molecule has 0 amide bonds. The Labute approximate surface area is 105 Å². The molecule has 86 valence electrons. The molecule has 0 bridgehead atoms. The Morgan fingerprint density at radius 3 is 3.25 bits per heavy atom. The van der Waals surface area contributed by atoms with Crippen LogP contribution in [-0.2, 0) is 0 Å². The number of nitrogens with zero attached hydrogens (tertiary/aromatic N) is 1. The van der Waals surface area contributed by atoms with Crippen molar-refractivity contribution < 1.29 is 0 Å². The summed E-state index contributed by atoms with van der Waals surface area (Å²) in [4.78, 5) is 4.67. The average molecular weight is 253 g/mol. The van der Waals surface area contributed by atoms with E-state index >= 15 is 0 Å². The minimum Gasteiger partial charge on any atom is -0.389 e. The van der Waals surface area contributed by atoms with E-state index in [1.54, 1.807) is 6.20 Å². The molecule has 1 atom stereocenters. The first-order chi connectivity index (χ1) is 7.77. The Bertz CT molecular complexity index is 375. The highest BCUT2D eigenvalue weighted by Crippen LogP contribution is 2.23. The van der Waals surface area contributed by atoms with Gasteiger partial charge >= 0.3 is 0 Å². The Balaban J connectivity index is 2.00. The topological polar surface area (TPSA) is 50.9 Å². The zero-order chi connectivity index (χ0) is 11.4. The molecule has 1 aromatic rings. The van der Waals surface area contributed by atoms with Gasteiger partial charge in [-0.05, 0) is 36.0 Å². The molecular weight excluding hydrogens is 238 g/mol. The van der Waals surface area contributed by atoms with Crippen molar-refractivity contribution in [1.29, 1.82) is 0 Å². The van der Waals surface area contributed by atoms with Crippen molar-refractivity contribution in [1.82, 2.24) is 4.98 Å². The minimum atomic E-state index is 0.399. The fourth-order valence-electron chi connectivity index (χ4n) is 1.73. The fourth-order valence-corrected chi connectivity index (χ4v) is 3.18. The second-order valence-electron chi connectivity index (χ2n) is 3.87. The van der Waals surface area contributed by atoms with Gasteiger partial charge in [-0.1, -0.05) is 12.2 Å². The third kappa shape index (κ3) is 2.86. The number of nitrogens with two attached hydrogens (primary N) is 1. The fraction of sp³-hybridized carbons (Fsp3) is 0.455. The number of hydrogen-bond donors (Lipinski definition) is 2. The van der Waals surface area contributed by atoms with E-state index in [0.29, 0.717) is 4.99 Å². The summed E-state index contributed by atoms with van der Waals surface area (Å²) >= 11 is 7.01. The summed E-state index contributed by atoms with van der Waals surface area (Å²) in [5.41, 5.74) is 6.48. The van der Waals surface area contributed by atoms with Crippen LogP contribution in [0.5, 0.6) is 0 Å². The van der Waals surface area contributed by atoms with Crippen molar-refractivity contribution in [2.45, 2.75) is 6.42 Å². The second kappa shape index (κ2) is 5.50. The molecule has 16 heavy (non-hydrogen) atoms. The van der Waals surface area contributed by atoms with Crippen molar-refractivity contribution in [2.24, 2.45) is 11.7 Å². The molecular formula is C11H15N3S2. The molecule has 2 heterocycles. The summed E-state index contributed by atoms with van der Waals surface area (Å²) < 4.78 is 0. The third-order valence-corrected chi connectivity index (χ3v) is 4.11. The van der Waals surface area contributed by atoms with Crippen LogP contribution in [0.4, 0.5) is 5.82 Å². The van der Waals surface area contributed by atoms with Gasteiger partial charge in [-0.3, -0.25) is 0 Å². The largest absolute Gasteiger partial charge is 0.389 e. The van der Waals surface area contributed by atoms with Crippen molar-refractivity contribution in [3.05, 3.63) is 23.9 Å². The number of nitrogens with one attached hydrogen (secondary N) is 1. The van der Waals surface area contributed by atoms with Gasteiger partial charge in [0.1, 0.15) is 10.8 Å². The van der Waals surface area contributed by atoms with Gasteiger partial charge in [0.2, 0.25) is 0 Å². The van der Waals surface area contributed by atoms with Crippen LogP contribution in [0, 0.1) is 5.92 Å². The lowest BCUT2D eigenvalue weighted by molar-refractivity contribution is 0.630. The standard InChI is InChI=1S/C11H15N3S2/c12-10(15)9-2-1-4-13-11(9)14-6-8-3-5-16-7-8/h1-2,4,8H,3,5-7H2,(H2,12,15)(H,13,14). The lowest BCUT2D eigenvalue weighted by Crippen LogP contribution is -2.18. The summed E-state index contributed by atoms with van der Waals surface area (Å²) in [6.45, 7) is 0.958. The monoisotopic (exact) mass is 253 g/mol. The van der Waals surface area contributed by atoms with Gasteiger partial charge < -0.3 is 11.1 Å². The lowest BCUT2D eigenvalue weighted by Gasteiger charge is -2.13. The minimum absolute atomic E-state index is 0.399. The zero-order valence-electron chi connectivity index (χ0n) is 8.98. The van der Waals surface area contributed by atoms with E-state index in [-0.39, 0.29) is 0 Å². The van der Waals surface area contributed by atoms with Gasteiger partial charge in [0, 0.05) is 12.7 Å². The van der Waals surface area contributed by atoms with Crippen LogP contribution >= 0.6 is 24.0 Å². The smallest absolute Gasteiger partial charge is 0.136 e. The molecule has 0 saturated carbocycles. The van der Waals surface area contributed by atoms with Crippen LogP contribution in [0.15, 0.2) is 18.3 Å². The van der Waals surface area contributed by atoms with Crippen molar-refractivity contribution in [3.8, 4) is 0 Å². The molecule has 5 heteroatoms. The molecule has 1 saturated heterocycles. The molecule has 3 N–H and O–H groups in total. The SMILES string of the molecule is NC(=S)c1cccnc1NCC1CCSC1. The molecule has 1 aromatic heterocycles. The van der Waals surface area contributed by atoms with Gasteiger partial charge in [-0.25, -0.2) is 4.98 Å². The number of thioether (sulfide) groups is 1. The molecule has 0 spiro atoms. The molecule has 1 fully saturated rings. The summed E-state index contributed by atoms with van der Waals surface area (Å²) in [6, 6.07) is 3.76. The highest BCUT2D eigenvalue weighted by atomic mass is 32.2. The van der Waals surface area contributed by atoms with Crippen LogP contribution in [0.1, 0.15) is 12.0 Å². The number of hydrogen-bond acceptors (Lipinski definition) is 4. The Kier molecular flexibility index (Phi) is 4.01. The van der Waals surface area contributed by atoms with Crippen molar-refractivity contribution >= 4 is 34.8 Å². The van der Waals surface area contributed by atoms with Crippen molar-refractivity contribution in [3.63, 3.8) is 0 Å². The van der Waals surface area contributed by atoms with Crippen LogP contribution < -0.4 is 11.1 Å². The number of anilines is 1. The zero-order valence-corrected chi connectivity index (χ0v) is 10.6. The maximum absolute atomic E-state index is 5.65. The van der Waals surface area contributed by atoms with E-state index in [9.17, 15) is 0 Å². The van der Waals surface area contributed by atoms with E-state index in [0.717, 1.165) is 23.8 Å². The molecule has 1 aliphatic heterocycles. The normalized spacial score (nSPS) is 19.6. The number of thiocarbonyl (C=S) groups is 1. The average Bonchev–Trinajstić information content (AvgIpc) is 2.79. The van der Waals surface area contributed by atoms with Crippen LogP contribution in [0.3, 0.4) is 0 Å². The first-order valence-electron chi connectivity index (χ1n) is 5.34. The van der Waals surface area contributed by atoms with E-state index in [2.05, 4.69) is 10.3 Å². The summed E-state index contributed by atoms with van der Waals surface area (Å²) in [5.74, 6) is 4.07. The van der Waals surface area contributed by atoms with E-state index < -0.39 is 0 Å². The highest BCUT2D eigenvalue weighted by molar-refractivity contribution is 7.99. The second-order valence-corrected chi connectivity index (χ2v) is 5.46. The first kappa shape index (κ1) is 11.7. The van der Waals surface area contributed by atoms with Gasteiger partial charge in [0.25, 0.3) is 0 Å².